The van der Waals surface area contributed by atoms with Gasteiger partial charge in [0.25, 0.3) is 11.8 Å². The van der Waals surface area contributed by atoms with E-state index in [2.05, 4.69) is 31.4 Å². The van der Waals surface area contributed by atoms with Crippen molar-refractivity contribution in [3.05, 3.63) is 96.1 Å². The maximum Gasteiger partial charge on any atom is 0.255 e. The number of piperazine rings is 1. The van der Waals surface area contributed by atoms with Crippen molar-refractivity contribution in [1.29, 1.82) is 0 Å². The first-order valence-electron chi connectivity index (χ1n) is 15.2. The lowest BCUT2D eigenvalue weighted by atomic mass is 10.1. The van der Waals surface area contributed by atoms with E-state index in [1.807, 2.05) is 72.8 Å². The molecule has 9 heteroatoms. The fraction of sp³-hybridized carbons (Fsp3) is 0.314. The fourth-order valence-electron chi connectivity index (χ4n) is 5.93. The van der Waals surface area contributed by atoms with Gasteiger partial charge in [0.1, 0.15) is 5.75 Å². The number of benzene rings is 4. The van der Waals surface area contributed by atoms with E-state index in [1.165, 1.54) is 0 Å². The van der Waals surface area contributed by atoms with E-state index in [4.69, 9.17) is 9.47 Å². The molecular formula is C35H39N5O4. The van der Waals surface area contributed by atoms with Crippen LogP contribution in [0.15, 0.2) is 84.9 Å². The van der Waals surface area contributed by atoms with Gasteiger partial charge in [-0.2, -0.15) is 0 Å². The topological polar surface area (TPSA) is 86.4 Å². The Bertz CT molecular complexity index is 1610. The van der Waals surface area contributed by atoms with Crippen LogP contribution in [0.25, 0.3) is 10.8 Å². The Labute approximate surface area is 258 Å². The number of hydrogen-bond acceptors (Lipinski definition) is 7. The SMILES string of the molecule is COc1ccccc1N1CCN(c2ccc(NC(=O)c3ccc4ccccc4c3)cc2C(=O)NCCN2CCOCC2)CC1. The van der Waals surface area contributed by atoms with Crippen LogP contribution in [-0.2, 0) is 4.74 Å². The molecule has 2 fully saturated rings. The second kappa shape index (κ2) is 13.8. The highest BCUT2D eigenvalue weighted by molar-refractivity contribution is 6.08. The molecule has 2 saturated heterocycles. The van der Waals surface area contributed by atoms with Gasteiger partial charge in [0.05, 0.1) is 31.6 Å². The Kier molecular flexibility index (Phi) is 9.24. The van der Waals surface area contributed by atoms with Crippen LogP contribution in [0.1, 0.15) is 20.7 Å². The zero-order chi connectivity index (χ0) is 30.3. The highest BCUT2D eigenvalue weighted by Crippen LogP contribution is 2.31. The molecule has 0 atom stereocenters. The molecule has 6 rings (SSSR count). The Balaban J connectivity index is 1.19. The number of anilines is 3. The van der Waals surface area contributed by atoms with Gasteiger partial charge >= 0.3 is 0 Å². The molecule has 2 heterocycles. The van der Waals surface area contributed by atoms with Crippen molar-refractivity contribution in [2.24, 2.45) is 0 Å². The molecule has 2 amide bonds. The molecule has 0 bridgehead atoms. The van der Waals surface area contributed by atoms with Gasteiger partial charge in [-0.1, -0.05) is 42.5 Å². The van der Waals surface area contributed by atoms with Gasteiger partial charge in [-0.15, -0.1) is 0 Å². The van der Waals surface area contributed by atoms with Gasteiger partial charge in [-0.25, -0.2) is 0 Å². The van der Waals surface area contributed by atoms with E-state index >= 15 is 0 Å². The summed E-state index contributed by atoms with van der Waals surface area (Å²) in [7, 11) is 1.69. The third-order valence-electron chi connectivity index (χ3n) is 8.37. The van der Waals surface area contributed by atoms with Crippen molar-refractivity contribution in [3.63, 3.8) is 0 Å². The van der Waals surface area contributed by atoms with Gasteiger partial charge in [0.15, 0.2) is 0 Å². The molecular weight excluding hydrogens is 554 g/mol. The quantitative estimate of drug-likeness (QED) is 0.296. The largest absolute Gasteiger partial charge is 0.495 e. The normalized spacial score (nSPS) is 15.7. The standard InChI is InChI=1S/C35H39N5O4/c1-43-33-9-5-4-8-32(33)40-18-16-39(17-19-40)31-13-12-29(25-30(31)35(42)36-14-15-38-20-22-44-23-21-38)37-34(41)28-11-10-26-6-2-3-7-27(26)24-28/h2-13,24-25H,14-23H2,1H3,(H,36,42)(H,37,41). The first-order chi connectivity index (χ1) is 21.6. The van der Waals surface area contributed by atoms with Crippen LogP contribution in [0.4, 0.5) is 17.1 Å². The number of para-hydroxylation sites is 2. The summed E-state index contributed by atoms with van der Waals surface area (Å²) in [6.07, 6.45) is 0. The number of nitrogens with zero attached hydrogens (tertiary/aromatic N) is 3. The molecule has 0 radical (unpaired) electrons. The minimum absolute atomic E-state index is 0.151. The lowest BCUT2D eigenvalue weighted by Crippen LogP contribution is -2.47. The number of nitrogens with one attached hydrogen (secondary N) is 2. The van der Waals surface area contributed by atoms with Crippen molar-refractivity contribution in [2.45, 2.75) is 0 Å². The molecule has 2 N–H and O–H groups in total. The van der Waals surface area contributed by atoms with E-state index < -0.39 is 0 Å². The minimum atomic E-state index is -0.215. The Morgan fingerprint density at radius 1 is 0.750 bits per heavy atom. The maximum absolute atomic E-state index is 13.7. The molecule has 2 aliphatic heterocycles. The number of amides is 2. The van der Waals surface area contributed by atoms with Crippen LogP contribution in [0, 0.1) is 0 Å². The molecule has 0 unspecified atom stereocenters. The number of rotatable bonds is 9. The highest BCUT2D eigenvalue weighted by Gasteiger charge is 2.24. The summed E-state index contributed by atoms with van der Waals surface area (Å²) in [6.45, 7) is 7.55. The molecule has 4 aromatic carbocycles. The van der Waals surface area contributed by atoms with Crippen molar-refractivity contribution in [1.82, 2.24) is 10.2 Å². The predicted octanol–water partition coefficient (Wildman–Crippen LogP) is 4.49. The monoisotopic (exact) mass is 593 g/mol. The lowest BCUT2D eigenvalue weighted by molar-refractivity contribution is 0.0383. The molecule has 0 aromatic heterocycles. The van der Waals surface area contributed by atoms with E-state index in [0.29, 0.717) is 23.4 Å². The van der Waals surface area contributed by atoms with Crippen molar-refractivity contribution >= 4 is 39.6 Å². The van der Waals surface area contributed by atoms with Gasteiger partial charge < -0.3 is 29.9 Å². The third-order valence-corrected chi connectivity index (χ3v) is 8.37. The molecule has 0 saturated carbocycles. The molecule has 44 heavy (non-hydrogen) atoms. The van der Waals surface area contributed by atoms with Gasteiger partial charge in [0.2, 0.25) is 0 Å². The summed E-state index contributed by atoms with van der Waals surface area (Å²) >= 11 is 0. The summed E-state index contributed by atoms with van der Waals surface area (Å²) in [4.78, 5) is 33.8. The van der Waals surface area contributed by atoms with Crippen LogP contribution in [0.2, 0.25) is 0 Å². The van der Waals surface area contributed by atoms with E-state index in [0.717, 1.165) is 86.9 Å². The number of carbonyl (C=O) groups is 2. The molecule has 0 spiro atoms. The minimum Gasteiger partial charge on any atom is -0.495 e. The smallest absolute Gasteiger partial charge is 0.255 e. The van der Waals surface area contributed by atoms with Crippen LogP contribution < -0.4 is 25.2 Å². The number of methoxy groups -OCH3 is 1. The summed E-state index contributed by atoms with van der Waals surface area (Å²) in [5.74, 6) is 0.489. The molecule has 2 aliphatic rings. The number of carbonyl (C=O) groups excluding carboxylic acids is 2. The zero-order valence-corrected chi connectivity index (χ0v) is 25.1. The molecule has 228 valence electrons. The third kappa shape index (κ3) is 6.79. The van der Waals surface area contributed by atoms with Crippen molar-refractivity contribution in [2.75, 3.05) is 87.8 Å². The average Bonchev–Trinajstić information content (AvgIpc) is 3.08. The van der Waals surface area contributed by atoms with Crippen LogP contribution in [0.3, 0.4) is 0 Å². The predicted molar refractivity (Wildman–Crippen MR) is 175 cm³/mol. The molecule has 4 aromatic rings. The van der Waals surface area contributed by atoms with Gasteiger partial charge in [0, 0.05) is 69.3 Å². The average molecular weight is 594 g/mol. The number of ether oxygens (including phenoxy) is 2. The van der Waals surface area contributed by atoms with E-state index in [-0.39, 0.29) is 11.8 Å². The summed E-state index contributed by atoms with van der Waals surface area (Å²) in [6, 6.07) is 27.3. The van der Waals surface area contributed by atoms with E-state index in [1.54, 1.807) is 13.2 Å². The van der Waals surface area contributed by atoms with Gasteiger partial charge in [-0.3, -0.25) is 14.5 Å². The first-order valence-corrected chi connectivity index (χ1v) is 15.2. The summed E-state index contributed by atoms with van der Waals surface area (Å²) < 4.78 is 11.0. The highest BCUT2D eigenvalue weighted by atomic mass is 16.5. The van der Waals surface area contributed by atoms with Gasteiger partial charge in [-0.05, 0) is 53.2 Å². The molecule has 0 aliphatic carbocycles. The van der Waals surface area contributed by atoms with Crippen LogP contribution in [-0.4, -0.2) is 89.4 Å². The number of fused-ring (bicyclic) bond motifs is 1. The van der Waals surface area contributed by atoms with Crippen molar-refractivity contribution < 1.29 is 19.1 Å². The fourth-order valence-corrected chi connectivity index (χ4v) is 5.93. The van der Waals surface area contributed by atoms with E-state index in [9.17, 15) is 9.59 Å². The second-order valence-electron chi connectivity index (χ2n) is 11.1. The van der Waals surface area contributed by atoms with Crippen LogP contribution >= 0.6 is 0 Å². The molecule has 9 nitrogen and oxygen atoms in total. The Morgan fingerprint density at radius 3 is 2.23 bits per heavy atom. The first kappa shape index (κ1) is 29.5. The maximum atomic E-state index is 13.7. The lowest BCUT2D eigenvalue weighted by Gasteiger charge is -2.38. The number of hydrogen-bond donors (Lipinski definition) is 2. The Morgan fingerprint density at radius 2 is 1.45 bits per heavy atom. The zero-order valence-electron chi connectivity index (χ0n) is 25.1. The summed E-state index contributed by atoms with van der Waals surface area (Å²) in [5, 5.41) is 8.22. The summed E-state index contributed by atoms with van der Waals surface area (Å²) in [5.41, 5.74) is 3.63. The van der Waals surface area contributed by atoms with Crippen LogP contribution in [0.5, 0.6) is 5.75 Å². The second-order valence-corrected chi connectivity index (χ2v) is 11.1. The van der Waals surface area contributed by atoms with Crippen molar-refractivity contribution in [3.8, 4) is 5.75 Å². The Hall–Kier alpha value is -4.60. The number of morpholine rings is 1.